The zero-order chi connectivity index (χ0) is 9.97. The second-order valence-corrected chi connectivity index (χ2v) is 4.12. The molecule has 0 radical (unpaired) electrons. The molecule has 1 aromatic rings. The molecule has 1 aromatic carbocycles. The van der Waals surface area contributed by atoms with Crippen LogP contribution in [0.4, 0.5) is 5.69 Å². The first-order valence-corrected chi connectivity index (χ1v) is 5.22. The number of aliphatic hydroxyl groups excluding tert-OH is 1. The van der Waals surface area contributed by atoms with Crippen molar-refractivity contribution in [2.75, 3.05) is 24.6 Å². The fraction of sp³-hybridized carbons (Fsp3) is 0.500. The predicted molar refractivity (Wildman–Crippen MR) is 65.8 cm³/mol. The van der Waals surface area contributed by atoms with Gasteiger partial charge in [-0.3, -0.25) is 0 Å². The maximum Gasteiger partial charge on any atom is 0.0476 e. The van der Waals surface area contributed by atoms with Crippen molar-refractivity contribution in [2.45, 2.75) is 13.3 Å². The summed E-state index contributed by atoms with van der Waals surface area (Å²) in [7, 11) is 0. The first-order chi connectivity index (χ1) is 6.79. The molecule has 0 saturated carbocycles. The van der Waals surface area contributed by atoms with Crippen LogP contribution in [0.1, 0.15) is 12.0 Å². The molecule has 1 heterocycles. The number of anilines is 1. The molecule has 0 amide bonds. The van der Waals surface area contributed by atoms with E-state index in [0.717, 1.165) is 19.5 Å². The summed E-state index contributed by atoms with van der Waals surface area (Å²) in [5, 5.41) is 9.06. The highest BCUT2D eigenvalue weighted by Crippen LogP contribution is 2.23. The van der Waals surface area contributed by atoms with E-state index in [1.165, 1.54) is 11.3 Å². The Morgan fingerprint density at radius 2 is 2.27 bits per heavy atom. The molecule has 1 aliphatic rings. The summed E-state index contributed by atoms with van der Waals surface area (Å²) in [6.45, 7) is 4.51. The van der Waals surface area contributed by atoms with Gasteiger partial charge in [0.05, 0.1) is 0 Å². The van der Waals surface area contributed by atoms with Crippen LogP contribution in [-0.4, -0.2) is 24.8 Å². The lowest BCUT2D eigenvalue weighted by atomic mass is 10.1. The lowest BCUT2D eigenvalue weighted by Crippen LogP contribution is -2.20. The molecular formula is C12H18ClNO. The average Bonchev–Trinajstić information content (AvgIpc) is 2.66. The van der Waals surface area contributed by atoms with E-state index in [9.17, 15) is 0 Å². The van der Waals surface area contributed by atoms with Crippen LogP contribution in [0.5, 0.6) is 0 Å². The fourth-order valence-corrected chi connectivity index (χ4v) is 2.04. The first kappa shape index (κ1) is 12.3. The van der Waals surface area contributed by atoms with Gasteiger partial charge in [-0.05, 0) is 31.0 Å². The number of rotatable bonds is 2. The topological polar surface area (TPSA) is 23.5 Å². The summed E-state index contributed by atoms with van der Waals surface area (Å²) < 4.78 is 0. The second kappa shape index (κ2) is 5.38. The largest absolute Gasteiger partial charge is 0.396 e. The van der Waals surface area contributed by atoms with Crippen LogP contribution in [0.15, 0.2) is 24.3 Å². The predicted octanol–water partition coefficient (Wildman–Crippen LogP) is 2.24. The normalized spacial score (nSPS) is 20.1. The summed E-state index contributed by atoms with van der Waals surface area (Å²) >= 11 is 0. The third kappa shape index (κ3) is 2.86. The first-order valence-electron chi connectivity index (χ1n) is 5.22. The molecule has 0 bridgehead atoms. The van der Waals surface area contributed by atoms with Gasteiger partial charge in [-0.15, -0.1) is 12.4 Å². The van der Waals surface area contributed by atoms with Crippen LogP contribution >= 0.6 is 12.4 Å². The summed E-state index contributed by atoms with van der Waals surface area (Å²) in [4.78, 5) is 2.36. The van der Waals surface area contributed by atoms with Crippen LogP contribution in [0.2, 0.25) is 0 Å². The van der Waals surface area contributed by atoms with Crippen LogP contribution in [0.25, 0.3) is 0 Å². The minimum absolute atomic E-state index is 0. The van der Waals surface area contributed by atoms with Crippen molar-refractivity contribution in [3.63, 3.8) is 0 Å². The van der Waals surface area contributed by atoms with Crippen LogP contribution in [0.3, 0.4) is 0 Å². The van der Waals surface area contributed by atoms with Gasteiger partial charge in [0, 0.05) is 31.3 Å². The Hall–Kier alpha value is -0.730. The number of hydrogen-bond acceptors (Lipinski definition) is 2. The second-order valence-electron chi connectivity index (χ2n) is 4.12. The summed E-state index contributed by atoms with van der Waals surface area (Å²) in [6.07, 6.45) is 1.12. The van der Waals surface area contributed by atoms with E-state index in [0.29, 0.717) is 12.5 Å². The van der Waals surface area contributed by atoms with Gasteiger partial charge in [-0.2, -0.15) is 0 Å². The summed E-state index contributed by atoms with van der Waals surface area (Å²) in [5.74, 6) is 0.468. The van der Waals surface area contributed by atoms with Crippen molar-refractivity contribution in [3.05, 3.63) is 29.8 Å². The Morgan fingerprint density at radius 3 is 2.87 bits per heavy atom. The van der Waals surface area contributed by atoms with Crippen molar-refractivity contribution < 1.29 is 5.11 Å². The van der Waals surface area contributed by atoms with Crippen molar-refractivity contribution in [1.29, 1.82) is 0 Å². The highest BCUT2D eigenvalue weighted by molar-refractivity contribution is 5.85. The van der Waals surface area contributed by atoms with Gasteiger partial charge in [-0.25, -0.2) is 0 Å². The third-order valence-corrected chi connectivity index (χ3v) is 2.91. The van der Waals surface area contributed by atoms with E-state index >= 15 is 0 Å². The Bertz CT molecular complexity index is 316. The Morgan fingerprint density at radius 1 is 1.47 bits per heavy atom. The van der Waals surface area contributed by atoms with Crippen molar-refractivity contribution in [3.8, 4) is 0 Å². The lowest BCUT2D eigenvalue weighted by Gasteiger charge is -2.18. The lowest BCUT2D eigenvalue weighted by molar-refractivity contribution is 0.238. The van der Waals surface area contributed by atoms with Crippen LogP contribution in [0, 0.1) is 12.8 Å². The van der Waals surface area contributed by atoms with E-state index < -0.39 is 0 Å². The van der Waals surface area contributed by atoms with Crippen LogP contribution < -0.4 is 4.90 Å². The van der Waals surface area contributed by atoms with Gasteiger partial charge in [0.2, 0.25) is 0 Å². The Labute approximate surface area is 97.3 Å². The van der Waals surface area contributed by atoms with E-state index in [2.05, 4.69) is 36.1 Å². The van der Waals surface area contributed by atoms with Gasteiger partial charge < -0.3 is 10.0 Å². The van der Waals surface area contributed by atoms with Gasteiger partial charge >= 0.3 is 0 Å². The SMILES string of the molecule is Cc1cccc(N2CCC(CO)C2)c1.Cl. The molecule has 2 rings (SSSR count). The molecule has 1 atom stereocenters. The van der Waals surface area contributed by atoms with E-state index in [1.54, 1.807) is 0 Å². The average molecular weight is 228 g/mol. The highest BCUT2D eigenvalue weighted by atomic mass is 35.5. The molecule has 1 fully saturated rings. The standard InChI is InChI=1S/C12H17NO.ClH/c1-10-3-2-4-12(7-10)13-6-5-11(8-13)9-14;/h2-4,7,11,14H,5-6,8-9H2,1H3;1H. The number of benzene rings is 1. The molecule has 15 heavy (non-hydrogen) atoms. The minimum Gasteiger partial charge on any atom is -0.396 e. The van der Waals surface area contributed by atoms with Crippen molar-refractivity contribution >= 4 is 18.1 Å². The quantitative estimate of drug-likeness (QED) is 0.838. The van der Waals surface area contributed by atoms with E-state index in [4.69, 9.17) is 5.11 Å². The van der Waals surface area contributed by atoms with Gasteiger partial charge in [0.15, 0.2) is 0 Å². The number of aryl methyl sites for hydroxylation is 1. The molecule has 0 aliphatic carbocycles. The van der Waals surface area contributed by atoms with Gasteiger partial charge in [0.1, 0.15) is 0 Å². The maximum absolute atomic E-state index is 9.06. The number of nitrogens with zero attached hydrogens (tertiary/aromatic N) is 1. The van der Waals surface area contributed by atoms with Gasteiger partial charge in [-0.1, -0.05) is 12.1 Å². The molecule has 1 aliphatic heterocycles. The summed E-state index contributed by atoms with van der Waals surface area (Å²) in [6, 6.07) is 8.56. The monoisotopic (exact) mass is 227 g/mol. The zero-order valence-corrected chi connectivity index (χ0v) is 9.83. The smallest absolute Gasteiger partial charge is 0.0476 e. The molecule has 1 unspecified atom stereocenters. The molecule has 0 aromatic heterocycles. The molecule has 1 saturated heterocycles. The number of hydrogen-bond donors (Lipinski definition) is 1. The molecular weight excluding hydrogens is 210 g/mol. The summed E-state index contributed by atoms with van der Waals surface area (Å²) in [5.41, 5.74) is 2.59. The van der Waals surface area contributed by atoms with Crippen molar-refractivity contribution in [1.82, 2.24) is 0 Å². The maximum atomic E-state index is 9.06. The molecule has 3 heteroatoms. The highest BCUT2D eigenvalue weighted by Gasteiger charge is 2.21. The van der Waals surface area contributed by atoms with Crippen LogP contribution in [-0.2, 0) is 0 Å². The van der Waals surface area contributed by atoms with Crippen molar-refractivity contribution in [2.24, 2.45) is 5.92 Å². The number of halogens is 1. The van der Waals surface area contributed by atoms with E-state index in [1.807, 2.05) is 0 Å². The number of aliphatic hydroxyl groups is 1. The molecule has 1 N–H and O–H groups in total. The minimum atomic E-state index is 0. The molecule has 2 nitrogen and oxygen atoms in total. The fourth-order valence-electron chi connectivity index (χ4n) is 2.04. The van der Waals surface area contributed by atoms with E-state index in [-0.39, 0.29) is 12.4 Å². The molecule has 84 valence electrons. The Balaban J connectivity index is 0.00000112. The molecule has 0 spiro atoms. The van der Waals surface area contributed by atoms with Gasteiger partial charge in [0.25, 0.3) is 0 Å². The third-order valence-electron chi connectivity index (χ3n) is 2.91. The Kier molecular flexibility index (Phi) is 4.43. The zero-order valence-electron chi connectivity index (χ0n) is 9.02.